The van der Waals surface area contributed by atoms with E-state index in [2.05, 4.69) is 0 Å². The van der Waals surface area contributed by atoms with Crippen LogP contribution in [0.5, 0.6) is 5.75 Å². The molecule has 0 unspecified atom stereocenters. The van der Waals surface area contributed by atoms with Gasteiger partial charge in [0, 0.05) is 37.3 Å². The van der Waals surface area contributed by atoms with Crippen LogP contribution in [0.25, 0.3) is 0 Å². The average molecular weight is 326 g/mol. The Kier molecular flexibility index (Phi) is 4.42. The molecule has 3 rings (SSSR count). The minimum absolute atomic E-state index is 0.0270. The molecule has 2 heterocycles. The lowest BCUT2D eigenvalue weighted by atomic mass is 10.1. The largest absolute Gasteiger partial charge is 0.486 e. The highest BCUT2D eigenvalue weighted by Gasteiger charge is 2.31. The predicted octanol–water partition coefficient (Wildman–Crippen LogP) is 2.44. The Morgan fingerprint density at radius 2 is 1.92 bits per heavy atom. The first-order valence-electron chi connectivity index (χ1n) is 8.15. The van der Waals surface area contributed by atoms with Crippen LogP contribution >= 0.6 is 0 Å². The van der Waals surface area contributed by atoms with Gasteiger partial charge in [0.25, 0.3) is 5.56 Å². The summed E-state index contributed by atoms with van der Waals surface area (Å²) in [5.41, 5.74) is 0.467. The van der Waals surface area contributed by atoms with E-state index in [1.54, 1.807) is 22.9 Å². The summed E-state index contributed by atoms with van der Waals surface area (Å²) in [6.07, 6.45) is 2.00. The van der Waals surface area contributed by atoms with Crippen molar-refractivity contribution in [1.82, 2.24) is 9.47 Å². The summed E-state index contributed by atoms with van der Waals surface area (Å²) in [7, 11) is 0. The molecule has 1 aromatic carbocycles. The third kappa shape index (κ3) is 3.67. The van der Waals surface area contributed by atoms with Gasteiger partial charge in [0.15, 0.2) is 0 Å². The van der Waals surface area contributed by atoms with Crippen LogP contribution < -0.4 is 10.3 Å². The minimum atomic E-state index is -0.453. The average Bonchev–Trinajstić information content (AvgIpc) is 2.68. The van der Waals surface area contributed by atoms with Gasteiger partial charge in [0.2, 0.25) is 5.91 Å². The van der Waals surface area contributed by atoms with Crippen molar-refractivity contribution >= 4 is 5.91 Å². The van der Waals surface area contributed by atoms with Gasteiger partial charge >= 0.3 is 0 Å². The predicted molar refractivity (Wildman–Crippen MR) is 91.9 cm³/mol. The number of benzene rings is 1. The normalized spacial score (nSPS) is 16.0. The fraction of sp³-hybridized carbons (Fsp3) is 0.368. The van der Waals surface area contributed by atoms with E-state index < -0.39 is 5.60 Å². The number of carbonyl (C=O) groups excluding carboxylic acids is 1. The van der Waals surface area contributed by atoms with Crippen molar-refractivity contribution in [2.45, 2.75) is 39.0 Å². The maximum absolute atomic E-state index is 12.7. The van der Waals surface area contributed by atoms with Crippen molar-refractivity contribution in [3.05, 3.63) is 64.6 Å². The monoisotopic (exact) mass is 326 g/mol. The Hall–Kier alpha value is -2.56. The van der Waals surface area contributed by atoms with Crippen LogP contribution in [-0.2, 0) is 17.9 Å². The van der Waals surface area contributed by atoms with Gasteiger partial charge in [-0.05, 0) is 26.0 Å². The molecule has 1 aliphatic heterocycles. The van der Waals surface area contributed by atoms with Gasteiger partial charge in [0.05, 0.1) is 6.54 Å². The van der Waals surface area contributed by atoms with Gasteiger partial charge in [-0.2, -0.15) is 0 Å². The number of hydrogen-bond donors (Lipinski definition) is 0. The molecule has 5 nitrogen and oxygen atoms in total. The number of ether oxygens (including phenoxy) is 1. The molecular formula is C19H22N2O3. The second-order valence-corrected chi connectivity index (χ2v) is 6.70. The number of nitrogens with zero attached hydrogens (tertiary/aromatic N) is 2. The van der Waals surface area contributed by atoms with Crippen LogP contribution in [0.2, 0.25) is 0 Å². The molecule has 0 radical (unpaired) electrons. The quantitative estimate of drug-likeness (QED) is 0.870. The molecule has 0 atom stereocenters. The molecule has 0 bridgehead atoms. The van der Waals surface area contributed by atoms with E-state index in [0.717, 1.165) is 11.3 Å². The van der Waals surface area contributed by atoms with Crippen LogP contribution in [-0.4, -0.2) is 27.5 Å². The van der Waals surface area contributed by atoms with Crippen molar-refractivity contribution in [1.29, 1.82) is 0 Å². The zero-order chi connectivity index (χ0) is 17.2. The van der Waals surface area contributed by atoms with Gasteiger partial charge < -0.3 is 14.2 Å². The molecule has 1 aromatic heterocycles. The SMILES string of the molecule is CC1(C)CN(C(=O)CCn2ccccc2=O)Cc2ccccc2O1. The highest BCUT2D eigenvalue weighted by molar-refractivity contribution is 5.76. The maximum Gasteiger partial charge on any atom is 0.250 e. The summed E-state index contributed by atoms with van der Waals surface area (Å²) in [5, 5.41) is 0. The minimum Gasteiger partial charge on any atom is -0.486 e. The van der Waals surface area contributed by atoms with E-state index in [1.807, 2.05) is 43.0 Å². The Labute approximate surface area is 141 Å². The number of hydrogen-bond acceptors (Lipinski definition) is 3. The number of carbonyl (C=O) groups is 1. The molecular weight excluding hydrogens is 304 g/mol. The molecule has 1 amide bonds. The Morgan fingerprint density at radius 1 is 1.17 bits per heavy atom. The Balaban J connectivity index is 1.74. The molecule has 2 aromatic rings. The summed E-state index contributed by atoms with van der Waals surface area (Å²) in [6, 6.07) is 12.8. The molecule has 0 saturated heterocycles. The molecule has 0 spiro atoms. The lowest BCUT2D eigenvalue weighted by Gasteiger charge is -2.29. The highest BCUT2D eigenvalue weighted by atomic mass is 16.5. The van der Waals surface area contributed by atoms with Gasteiger partial charge in [-0.15, -0.1) is 0 Å². The smallest absolute Gasteiger partial charge is 0.250 e. The molecule has 0 aliphatic carbocycles. The first-order valence-corrected chi connectivity index (χ1v) is 8.15. The molecule has 126 valence electrons. The first kappa shape index (κ1) is 16.3. The zero-order valence-electron chi connectivity index (χ0n) is 14.1. The van der Waals surface area contributed by atoms with E-state index in [0.29, 0.717) is 26.1 Å². The van der Waals surface area contributed by atoms with Gasteiger partial charge in [-0.1, -0.05) is 24.3 Å². The van der Waals surface area contributed by atoms with E-state index >= 15 is 0 Å². The number of rotatable bonds is 3. The fourth-order valence-electron chi connectivity index (χ4n) is 2.98. The molecule has 0 saturated carbocycles. The summed E-state index contributed by atoms with van der Waals surface area (Å²) < 4.78 is 7.62. The first-order chi connectivity index (χ1) is 11.4. The van der Waals surface area contributed by atoms with Crippen LogP contribution in [0.3, 0.4) is 0 Å². The van der Waals surface area contributed by atoms with E-state index in [4.69, 9.17) is 4.74 Å². The van der Waals surface area contributed by atoms with Crippen molar-refractivity contribution in [2.24, 2.45) is 0 Å². The molecule has 5 heteroatoms. The molecule has 24 heavy (non-hydrogen) atoms. The number of para-hydroxylation sites is 1. The van der Waals surface area contributed by atoms with Crippen molar-refractivity contribution < 1.29 is 9.53 Å². The number of fused-ring (bicyclic) bond motifs is 1. The third-order valence-corrected chi connectivity index (χ3v) is 4.11. The second kappa shape index (κ2) is 6.51. The number of pyridine rings is 1. The van der Waals surface area contributed by atoms with Crippen LogP contribution in [0.4, 0.5) is 0 Å². The molecule has 0 N–H and O–H groups in total. The molecule has 1 aliphatic rings. The van der Waals surface area contributed by atoms with Gasteiger partial charge in [0.1, 0.15) is 11.4 Å². The zero-order valence-corrected chi connectivity index (χ0v) is 14.1. The summed E-state index contributed by atoms with van der Waals surface area (Å²) in [6.45, 7) is 5.40. The van der Waals surface area contributed by atoms with Crippen LogP contribution in [0, 0.1) is 0 Å². The Morgan fingerprint density at radius 3 is 2.71 bits per heavy atom. The lowest BCUT2D eigenvalue weighted by molar-refractivity contribution is -0.134. The maximum atomic E-state index is 12.7. The van der Waals surface area contributed by atoms with Crippen LogP contribution in [0.1, 0.15) is 25.8 Å². The second-order valence-electron chi connectivity index (χ2n) is 6.70. The van der Waals surface area contributed by atoms with Crippen molar-refractivity contribution in [2.75, 3.05) is 6.54 Å². The van der Waals surface area contributed by atoms with Gasteiger partial charge in [-0.3, -0.25) is 9.59 Å². The molecule has 0 fully saturated rings. The number of aryl methyl sites for hydroxylation is 1. The number of amides is 1. The third-order valence-electron chi connectivity index (χ3n) is 4.11. The van der Waals surface area contributed by atoms with E-state index in [-0.39, 0.29) is 11.5 Å². The summed E-state index contributed by atoms with van der Waals surface area (Å²) in [5.74, 6) is 0.858. The van der Waals surface area contributed by atoms with E-state index in [1.165, 1.54) is 6.07 Å². The lowest BCUT2D eigenvalue weighted by Crippen LogP contribution is -2.43. The van der Waals surface area contributed by atoms with E-state index in [9.17, 15) is 9.59 Å². The summed E-state index contributed by atoms with van der Waals surface area (Å²) >= 11 is 0. The topological polar surface area (TPSA) is 51.5 Å². The van der Waals surface area contributed by atoms with Crippen LogP contribution in [0.15, 0.2) is 53.5 Å². The van der Waals surface area contributed by atoms with Crippen molar-refractivity contribution in [3.63, 3.8) is 0 Å². The van der Waals surface area contributed by atoms with Gasteiger partial charge in [-0.25, -0.2) is 0 Å². The number of aromatic nitrogens is 1. The van der Waals surface area contributed by atoms with Crippen molar-refractivity contribution in [3.8, 4) is 5.75 Å². The fourth-order valence-corrected chi connectivity index (χ4v) is 2.98. The Bertz CT molecular complexity index is 795. The summed E-state index contributed by atoms with van der Waals surface area (Å²) in [4.78, 5) is 26.3. The highest BCUT2D eigenvalue weighted by Crippen LogP contribution is 2.29. The standard InChI is InChI=1S/C19H22N2O3/c1-19(2)14-21(13-15-7-3-4-8-16(15)24-19)18(23)10-12-20-11-6-5-9-17(20)22/h3-9,11H,10,12-14H2,1-2H3.